The third-order valence-electron chi connectivity index (χ3n) is 4.05. The second kappa shape index (κ2) is 4.63. The number of hydrogen-bond acceptors (Lipinski definition) is 2. The molecule has 2 atom stereocenters. The fourth-order valence-corrected chi connectivity index (χ4v) is 2.71. The molecule has 0 bridgehead atoms. The van der Waals surface area contributed by atoms with Gasteiger partial charge in [-0.05, 0) is 63.6 Å². The minimum absolute atomic E-state index is 0.731. The van der Waals surface area contributed by atoms with E-state index >= 15 is 0 Å². The highest BCUT2D eigenvalue weighted by Gasteiger charge is 2.31. The van der Waals surface area contributed by atoms with Crippen LogP contribution < -0.4 is 5.73 Å². The standard InChI is InChI=1S/C12H24N2/c1-10(9-13)11-3-2-7-14(8-6-11)12-4-5-12/h10-12H,2-9,13H2,1H3. The molecular formula is C12H24N2. The molecule has 1 aliphatic carbocycles. The normalized spacial score (nSPS) is 32.6. The maximum absolute atomic E-state index is 5.75. The smallest absolute Gasteiger partial charge is 0.00964 e. The van der Waals surface area contributed by atoms with Gasteiger partial charge in [0.15, 0.2) is 0 Å². The molecule has 14 heavy (non-hydrogen) atoms. The molecule has 0 aromatic carbocycles. The Morgan fingerprint density at radius 3 is 2.64 bits per heavy atom. The molecule has 0 aromatic heterocycles. The van der Waals surface area contributed by atoms with Crippen LogP contribution in [0.25, 0.3) is 0 Å². The number of hydrogen-bond donors (Lipinski definition) is 1. The highest BCUT2D eigenvalue weighted by atomic mass is 15.2. The van der Waals surface area contributed by atoms with Gasteiger partial charge < -0.3 is 10.6 Å². The maximum atomic E-state index is 5.75. The Kier molecular flexibility index (Phi) is 3.45. The molecule has 2 aliphatic rings. The molecule has 2 heteroatoms. The first-order valence-corrected chi connectivity index (χ1v) is 6.25. The van der Waals surface area contributed by atoms with Gasteiger partial charge in [0.2, 0.25) is 0 Å². The Hall–Kier alpha value is -0.0800. The van der Waals surface area contributed by atoms with Gasteiger partial charge >= 0.3 is 0 Å². The second-order valence-electron chi connectivity index (χ2n) is 5.17. The lowest BCUT2D eigenvalue weighted by atomic mass is 9.88. The van der Waals surface area contributed by atoms with Crippen molar-refractivity contribution in [2.24, 2.45) is 17.6 Å². The lowest BCUT2D eigenvalue weighted by Crippen LogP contribution is -2.27. The van der Waals surface area contributed by atoms with E-state index in [0.717, 1.165) is 24.4 Å². The van der Waals surface area contributed by atoms with E-state index in [9.17, 15) is 0 Å². The summed E-state index contributed by atoms with van der Waals surface area (Å²) in [5.74, 6) is 1.62. The van der Waals surface area contributed by atoms with E-state index in [-0.39, 0.29) is 0 Å². The average molecular weight is 196 g/mol. The lowest BCUT2D eigenvalue weighted by Gasteiger charge is -2.22. The van der Waals surface area contributed by atoms with Gasteiger partial charge in [0.1, 0.15) is 0 Å². The molecule has 1 heterocycles. The molecular weight excluding hydrogens is 172 g/mol. The van der Waals surface area contributed by atoms with Crippen LogP contribution in [0.3, 0.4) is 0 Å². The van der Waals surface area contributed by atoms with Gasteiger partial charge in [0.05, 0.1) is 0 Å². The van der Waals surface area contributed by atoms with Crippen molar-refractivity contribution in [2.75, 3.05) is 19.6 Å². The summed E-state index contributed by atoms with van der Waals surface area (Å²) in [4.78, 5) is 2.71. The highest BCUT2D eigenvalue weighted by molar-refractivity contribution is 4.86. The van der Waals surface area contributed by atoms with E-state index in [1.165, 1.54) is 45.2 Å². The molecule has 1 saturated heterocycles. The van der Waals surface area contributed by atoms with Crippen LogP contribution in [0.1, 0.15) is 39.0 Å². The van der Waals surface area contributed by atoms with Crippen LogP contribution in [-0.4, -0.2) is 30.6 Å². The molecule has 2 unspecified atom stereocenters. The fourth-order valence-electron chi connectivity index (χ4n) is 2.71. The Morgan fingerprint density at radius 1 is 1.21 bits per heavy atom. The van der Waals surface area contributed by atoms with Gasteiger partial charge in [-0.2, -0.15) is 0 Å². The Labute approximate surface area is 87.8 Å². The van der Waals surface area contributed by atoms with Crippen molar-refractivity contribution in [3.8, 4) is 0 Å². The summed E-state index contributed by atoms with van der Waals surface area (Å²) >= 11 is 0. The first-order valence-electron chi connectivity index (χ1n) is 6.25. The van der Waals surface area contributed by atoms with Crippen molar-refractivity contribution in [1.29, 1.82) is 0 Å². The Bertz CT molecular complexity index is 177. The summed E-state index contributed by atoms with van der Waals surface area (Å²) in [6.45, 7) is 5.86. The van der Waals surface area contributed by atoms with Gasteiger partial charge in [0.25, 0.3) is 0 Å². The quantitative estimate of drug-likeness (QED) is 0.746. The third kappa shape index (κ3) is 2.48. The number of nitrogens with two attached hydrogens (primary N) is 1. The van der Waals surface area contributed by atoms with Crippen LogP contribution in [0, 0.1) is 11.8 Å². The Balaban J connectivity index is 1.81. The van der Waals surface area contributed by atoms with Crippen LogP contribution in [0.15, 0.2) is 0 Å². The van der Waals surface area contributed by atoms with Crippen LogP contribution >= 0.6 is 0 Å². The highest BCUT2D eigenvalue weighted by Crippen LogP contribution is 2.31. The van der Waals surface area contributed by atoms with Gasteiger partial charge in [0, 0.05) is 6.04 Å². The van der Waals surface area contributed by atoms with Crippen molar-refractivity contribution in [1.82, 2.24) is 4.90 Å². The average Bonchev–Trinajstić information content (AvgIpc) is 3.01. The Morgan fingerprint density at radius 2 is 2.00 bits per heavy atom. The number of rotatable bonds is 3. The van der Waals surface area contributed by atoms with Gasteiger partial charge in [-0.25, -0.2) is 0 Å². The van der Waals surface area contributed by atoms with E-state index < -0.39 is 0 Å². The van der Waals surface area contributed by atoms with Crippen molar-refractivity contribution in [3.05, 3.63) is 0 Å². The zero-order valence-electron chi connectivity index (χ0n) is 9.41. The van der Waals surface area contributed by atoms with Gasteiger partial charge in [-0.1, -0.05) is 6.92 Å². The van der Waals surface area contributed by atoms with Crippen LogP contribution in [-0.2, 0) is 0 Å². The monoisotopic (exact) mass is 196 g/mol. The van der Waals surface area contributed by atoms with Crippen LogP contribution in [0.4, 0.5) is 0 Å². The topological polar surface area (TPSA) is 29.3 Å². The summed E-state index contributed by atoms with van der Waals surface area (Å²) in [7, 11) is 0. The summed E-state index contributed by atoms with van der Waals surface area (Å²) in [5.41, 5.74) is 5.75. The third-order valence-corrected chi connectivity index (χ3v) is 4.05. The molecule has 0 radical (unpaired) electrons. The minimum atomic E-state index is 0.731. The van der Waals surface area contributed by atoms with Crippen molar-refractivity contribution < 1.29 is 0 Å². The van der Waals surface area contributed by atoms with E-state index in [4.69, 9.17) is 5.73 Å². The van der Waals surface area contributed by atoms with E-state index in [0.29, 0.717) is 0 Å². The van der Waals surface area contributed by atoms with Gasteiger partial charge in [-0.3, -0.25) is 0 Å². The molecule has 2 rings (SSSR count). The van der Waals surface area contributed by atoms with E-state index in [2.05, 4.69) is 11.8 Å². The summed E-state index contributed by atoms with van der Waals surface area (Å²) in [6, 6.07) is 0.960. The second-order valence-corrected chi connectivity index (χ2v) is 5.17. The molecule has 0 spiro atoms. The predicted molar refractivity (Wildman–Crippen MR) is 60.2 cm³/mol. The van der Waals surface area contributed by atoms with Crippen LogP contribution in [0.2, 0.25) is 0 Å². The summed E-state index contributed by atoms with van der Waals surface area (Å²) in [5, 5.41) is 0. The minimum Gasteiger partial charge on any atom is -0.330 e. The molecule has 82 valence electrons. The number of nitrogens with zero attached hydrogens (tertiary/aromatic N) is 1. The summed E-state index contributed by atoms with van der Waals surface area (Å²) in [6.07, 6.45) is 7.09. The predicted octanol–water partition coefficient (Wildman–Crippen LogP) is 1.85. The molecule has 0 aromatic rings. The zero-order valence-corrected chi connectivity index (χ0v) is 9.41. The SMILES string of the molecule is CC(CN)C1CCCN(C2CC2)CC1. The fraction of sp³-hybridized carbons (Fsp3) is 1.00. The molecule has 2 nitrogen and oxygen atoms in total. The molecule has 0 amide bonds. The first-order chi connectivity index (χ1) is 6.81. The molecule has 1 saturated carbocycles. The first kappa shape index (κ1) is 10.4. The van der Waals surface area contributed by atoms with Crippen LogP contribution in [0.5, 0.6) is 0 Å². The van der Waals surface area contributed by atoms with E-state index in [1.807, 2.05) is 0 Å². The maximum Gasteiger partial charge on any atom is 0.00964 e. The van der Waals surface area contributed by atoms with Crippen molar-refractivity contribution >= 4 is 0 Å². The van der Waals surface area contributed by atoms with E-state index in [1.54, 1.807) is 0 Å². The molecule has 2 N–H and O–H groups in total. The van der Waals surface area contributed by atoms with Crippen molar-refractivity contribution in [2.45, 2.75) is 45.1 Å². The van der Waals surface area contributed by atoms with Gasteiger partial charge in [-0.15, -0.1) is 0 Å². The summed E-state index contributed by atoms with van der Waals surface area (Å²) < 4.78 is 0. The lowest BCUT2D eigenvalue weighted by molar-refractivity contribution is 0.261. The molecule has 1 aliphatic heterocycles. The number of likely N-dealkylation sites (tertiary alicyclic amines) is 1. The molecule has 2 fully saturated rings. The largest absolute Gasteiger partial charge is 0.330 e. The zero-order chi connectivity index (χ0) is 9.97. The van der Waals surface area contributed by atoms with Crippen molar-refractivity contribution in [3.63, 3.8) is 0 Å².